The van der Waals surface area contributed by atoms with Gasteiger partial charge in [-0.1, -0.05) is 15.9 Å². The van der Waals surface area contributed by atoms with Crippen molar-refractivity contribution in [1.29, 1.82) is 0 Å². The second kappa shape index (κ2) is 3.46. The van der Waals surface area contributed by atoms with Crippen LogP contribution in [0.2, 0.25) is 0 Å². The fourth-order valence-electron chi connectivity index (χ4n) is 1.37. The number of methoxy groups -OCH3 is 1. The summed E-state index contributed by atoms with van der Waals surface area (Å²) >= 11 is 3.37. The van der Waals surface area contributed by atoms with Gasteiger partial charge in [0.25, 0.3) is 0 Å². The zero-order valence-electron chi connectivity index (χ0n) is 7.53. The first kappa shape index (κ1) is 9.27. The number of hydrogen-bond acceptors (Lipinski definition) is 2. The van der Waals surface area contributed by atoms with E-state index in [4.69, 9.17) is 0 Å². The summed E-state index contributed by atoms with van der Waals surface area (Å²) < 4.78 is 7.11. The van der Waals surface area contributed by atoms with E-state index in [1.807, 2.05) is 24.3 Å². The Hall–Kier alpha value is -1.29. The van der Waals surface area contributed by atoms with Crippen molar-refractivity contribution in [2.75, 3.05) is 7.11 Å². The minimum Gasteiger partial charge on any atom is -0.452 e. The molecule has 0 atom stereocenters. The molecule has 0 aliphatic carbocycles. The summed E-state index contributed by atoms with van der Waals surface area (Å²) in [6.07, 6.45) is 1.32. The average molecular weight is 254 g/mol. The average Bonchev–Trinajstić information content (AvgIpc) is 2.59. The van der Waals surface area contributed by atoms with E-state index in [2.05, 4.69) is 20.7 Å². The Balaban J connectivity index is 2.64. The number of carbonyl (C=O) groups is 1. The van der Waals surface area contributed by atoms with Gasteiger partial charge in [0.05, 0.1) is 12.6 Å². The van der Waals surface area contributed by atoms with Crippen molar-refractivity contribution in [3.63, 3.8) is 0 Å². The number of fused-ring (bicyclic) bond motifs is 1. The number of nitrogens with zero attached hydrogens (tertiary/aromatic N) is 1. The van der Waals surface area contributed by atoms with Gasteiger partial charge < -0.3 is 4.74 Å². The largest absolute Gasteiger partial charge is 0.452 e. The van der Waals surface area contributed by atoms with Gasteiger partial charge in [-0.3, -0.25) is 4.57 Å². The quantitative estimate of drug-likeness (QED) is 0.723. The molecule has 0 N–H and O–H groups in total. The molecule has 0 saturated heterocycles. The van der Waals surface area contributed by atoms with Crippen molar-refractivity contribution in [3.05, 3.63) is 34.9 Å². The summed E-state index contributed by atoms with van der Waals surface area (Å²) in [6.45, 7) is 0. The number of aromatic nitrogens is 1. The molecule has 72 valence electrons. The van der Waals surface area contributed by atoms with Gasteiger partial charge >= 0.3 is 6.09 Å². The molecule has 0 bridgehead atoms. The molecule has 0 aliphatic heterocycles. The van der Waals surface area contributed by atoms with E-state index >= 15 is 0 Å². The molecule has 4 heteroatoms. The molecule has 2 aromatic rings. The third kappa shape index (κ3) is 1.42. The highest BCUT2D eigenvalue weighted by Crippen LogP contribution is 2.20. The van der Waals surface area contributed by atoms with Crippen molar-refractivity contribution in [1.82, 2.24) is 4.57 Å². The first-order valence-electron chi connectivity index (χ1n) is 4.07. The van der Waals surface area contributed by atoms with Crippen LogP contribution >= 0.6 is 15.9 Å². The number of rotatable bonds is 0. The van der Waals surface area contributed by atoms with Crippen LogP contribution in [0.5, 0.6) is 0 Å². The molecule has 0 aliphatic rings. The van der Waals surface area contributed by atoms with E-state index < -0.39 is 0 Å². The van der Waals surface area contributed by atoms with E-state index in [1.54, 1.807) is 6.20 Å². The van der Waals surface area contributed by atoms with Gasteiger partial charge in [0.2, 0.25) is 0 Å². The van der Waals surface area contributed by atoms with Crippen LogP contribution in [0.15, 0.2) is 34.9 Å². The molecule has 1 aromatic heterocycles. The van der Waals surface area contributed by atoms with Gasteiger partial charge in [-0.2, -0.15) is 0 Å². The molecule has 0 unspecified atom stereocenters. The van der Waals surface area contributed by atoms with E-state index in [1.165, 1.54) is 11.7 Å². The van der Waals surface area contributed by atoms with Crippen molar-refractivity contribution < 1.29 is 9.53 Å². The molecule has 14 heavy (non-hydrogen) atoms. The summed E-state index contributed by atoms with van der Waals surface area (Å²) in [4.78, 5) is 11.3. The standard InChI is InChI=1S/C10H8BrNO2/c1-14-10(13)12-5-4-7-6-8(11)2-3-9(7)12/h2-6H,1H3. The maximum atomic E-state index is 11.3. The van der Waals surface area contributed by atoms with E-state index in [-0.39, 0.29) is 6.09 Å². The Kier molecular flexibility index (Phi) is 2.29. The zero-order valence-corrected chi connectivity index (χ0v) is 9.11. The lowest BCUT2D eigenvalue weighted by molar-refractivity contribution is 0.174. The second-order valence-corrected chi connectivity index (χ2v) is 3.77. The van der Waals surface area contributed by atoms with E-state index in [0.29, 0.717) is 0 Å². The molecule has 0 amide bonds. The van der Waals surface area contributed by atoms with Crippen LogP contribution in [0.3, 0.4) is 0 Å². The van der Waals surface area contributed by atoms with Crippen LogP contribution in [0.25, 0.3) is 10.9 Å². The third-order valence-electron chi connectivity index (χ3n) is 2.02. The monoisotopic (exact) mass is 253 g/mol. The summed E-state index contributed by atoms with van der Waals surface area (Å²) in [5.74, 6) is 0. The van der Waals surface area contributed by atoms with Crippen LogP contribution in [-0.4, -0.2) is 17.8 Å². The first-order valence-corrected chi connectivity index (χ1v) is 4.86. The Bertz CT molecular complexity index is 490. The van der Waals surface area contributed by atoms with Crippen molar-refractivity contribution in [2.45, 2.75) is 0 Å². The molecular formula is C10H8BrNO2. The normalized spacial score (nSPS) is 10.4. The highest BCUT2D eigenvalue weighted by Gasteiger charge is 2.07. The SMILES string of the molecule is COC(=O)n1ccc2cc(Br)ccc21. The molecule has 0 fully saturated rings. The Morgan fingerprint density at radius 3 is 2.93 bits per heavy atom. The van der Waals surface area contributed by atoms with Crippen LogP contribution in [0.1, 0.15) is 0 Å². The summed E-state index contributed by atoms with van der Waals surface area (Å²) in [5, 5.41) is 1.00. The predicted octanol–water partition coefficient (Wildman–Crippen LogP) is 3.02. The highest BCUT2D eigenvalue weighted by molar-refractivity contribution is 9.10. The number of carbonyl (C=O) groups excluding carboxylic acids is 1. The fourth-order valence-corrected chi connectivity index (χ4v) is 1.75. The van der Waals surface area contributed by atoms with Crippen LogP contribution < -0.4 is 0 Å². The summed E-state index contributed by atoms with van der Waals surface area (Å²) in [7, 11) is 1.37. The maximum Gasteiger partial charge on any atom is 0.418 e. The Morgan fingerprint density at radius 2 is 2.21 bits per heavy atom. The smallest absolute Gasteiger partial charge is 0.418 e. The van der Waals surface area contributed by atoms with E-state index in [0.717, 1.165) is 15.4 Å². The number of ether oxygens (including phenoxy) is 1. The predicted molar refractivity (Wildman–Crippen MR) is 57.4 cm³/mol. The topological polar surface area (TPSA) is 31.2 Å². The first-order chi connectivity index (χ1) is 6.72. The van der Waals surface area contributed by atoms with Crippen molar-refractivity contribution >= 4 is 32.9 Å². The van der Waals surface area contributed by atoms with Crippen molar-refractivity contribution in [3.8, 4) is 0 Å². The molecular weight excluding hydrogens is 246 g/mol. The molecule has 1 heterocycles. The number of hydrogen-bond donors (Lipinski definition) is 0. The number of halogens is 1. The Labute approximate surface area is 89.4 Å². The van der Waals surface area contributed by atoms with Gasteiger partial charge in [0.15, 0.2) is 0 Å². The fraction of sp³-hybridized carbons (Fsp3) is 0.100. The van der Waals surface area contributed by atoms with Gasteiger partial charge in [-0.05, 0) is 24.3 Å². The number of benzene rings is 1. The molecule has 0 spiro atoms. The molecule has 1 aromatic carbocycles. The summed E-state index contributed by atoms with van der Waals surface area (Å²) in [5.41, 5.74) is 0.847. The van der Waals surface area contributed by atoms with Crippen LogP contribution in [0, 0.1) is 0 Å². The lowest BCUT2D eigenvalue weighted by Gasteiger charge is -2.01. The van der Waals surface area contributed by atoms with Crippen LogP contribution in [0.4, 0.5) is 4.79 Å². The molecule has 0 radical (unpaired) electrons. The minimum absolute atomic E-state index is 0.373. The van der Waals surface area contributed by atoms with Crippen LogP contribution in [-0.2, 0) is 4.74 Å². The van der Waals surface area contributed by atoms with Gasteiger partial charge in [0.1, 0.15) is 0 Å². The zero-order chi connectivity index (χ0) is 10.1. The molecule has 3 nitrogen and oxygen atoms in total. The lowest BCUT2D eigenvalue weighted by atomic mass is 10.2. The van der Waals surface area contributed by atoms with Gasteiger partial charge in [0, 0.05) is 16.1 Å². The highest BCUT2D eigenvalue weighted by atomic mass is 79.9. The minimum atomic E-state index is -0.373. The van der Waals surface area contributed by atoms with E-state index in [9.17, 15) is 4.79 Å². The Morgan fingerprint density at radius 1 is 1.43 bits per heavy atom. The molecule has 0 saturated carbocycles. The third-order valence-corrected chi connectivity index (χ3v) is 2.52. The van der Waals surface area contributed by atoms with Crippen molar-refractivity contribution in [2.24, 2.45) is 0 Å². The van der Waals surface area contributed by atoms with Gasteiger partial charge in [-0.25, -0.2) is 4.79 Å². The maximum absolute atomic E-state index is 11.3. The van der Waals surface area contributed by atoms with Gasteiger partial charge in [-0.15, -0.1) is 0 Å². The second-order valence-electron chi connectivity index (χ2n) is 2.86. The lowest BCUT2D eigenvalue weighted by Crippen LogP contribution is -2.09. The molecule has 2 rings (SSSR count). The summed E-state index contributed by atoms with van der Waals surface area (Å²) in [6, 6.07) is 7.59.